The molecule has 0 amide bonds. The second-order valence-electron chi connectivity index (χ2n) is 8.51. The van der Waals surface area contributed by atoms with Crippen LogP contribution in [0.1, 0.15) is 57.8 Å². The van der Waals surface area contributed by atoms with Crippen molar-refractivity contribution < 1.29 is 13.5 Å². The quantitative estimate of drug-likeness (QED) is 0.853. The highest BCUT2D eigenvalue weighted by atomic mass is 32.2. The summed E-state index contributed by atoms with van der Waals surface area (Å²) in [4.78, 5) is 0. The zero-order chi connectivity index (χ0) is 14.8. The summed E-state index contributed by atoms with van der Waals surface area (Å²) in [5.74, 6) is 2.83. The number of hydrogen-bond acceptors (Lipinski definition) is 3. The van der Waals surface area contributed by atoms with E-state index in [2.05, 4.69) is 0 Å². The lowest BCUT2D eigenvalue weighted by atomic mass is 9.46. The molecule has 2 unspecified atom stereocenters. The zero-order valence-electron chi connectivity index (χ0n) is 13.0. The summed E-state index contributed by atoms with van der Waals surface area (Å²) in [6.07, 6.45) is 11.1. The fourth-order valence-electron chi connectivity index (χ4n) is 6.56. The van der Waals surface area contributed by atoms with Crippen molar-refractivity contribution >= 4 is 9.84 Å². The molecule has 4 heteroatoms. The third-order valence-electron chi connectivity index (χ3n) is 7.33. The first kappa shape index (κ1) is 14.5. The van der Waals surface area contributed by atoms with E-state index in [1.807, 2.05) is 0 Å². The molecule has 5 saturated carbocycles. The molecule has 4 bridgehead atoms. The Kier molecular flexibility index (Phi) is 3.25. The van der Waals surface area contributed by atoms with Crippen LogP contribution in [-0.2, 0) is 9.84 Å². The van der Waals surface area contributed by atoms with Crippen LogP contribution in [-0.4, -0.2) is 30.6 Å². The highest BCUT2D eigenvalue weighted by Gasteiger charge is 2.59. The lowest BCUT2D eigenvalue weighted by molar-refractivity contribution is -0.206. The van der Waals surface area contributed by atoms with Crippen molar-refractivity contribution in [2.75, 3.05) is 6.26 Å². The van der Waals surface area contributed by atoms with Crippen LogP contribution in [0.25, 0.3) is 0 Å². The minimum atomic E-state index is -2.96. The number of sulfone groups is 1. The zero-order valence-corrected chi connectivity index (χ0v) is 13.8. The second kappa shape index (κ2) is 4.70. The van der Waals surface area contributed by atoms with E-state index in [9.17, 15) is 13.5 Å². The standard InChI is InChI=1S/C17H28O3S/c1-21(19,20)16-4-2-3-13(10-16)17(18)14-6-11-5-12(8-14)9-15(17)7-11/h11-16,18H,2-10H2,1H3. The molecule has 5 fully saturated rings. The Hall–Kier alpha value is -0.0900. The van der Waals surface area contributed by atoms with E-state index in [1.165, 1.54) is 38.4 Å². The fraction of sp³-hybridized carbons (Fsp3) is 1.00. The SMILES string of the molecule is CS(=O)(=O)C1CCCC(C2(O)C3CC4CC(C3)CC2C4)C1. The molecule has 5 aliphatic rings. The van der Waals surface area contributed by atoms with Crippen molar-refractivity contribution in [2.45, 2.75) is 68.6 Å². The smallest absolute Gasteiger partial charge is 0.150 e. The van der Waals surface area contributed by atoms with Crippen LogP contribution >= 0.6 is 0 Å². The second-order valence-corrected chi connectivity index (χ2v) is 10.8. The Bertz CT molecular complexity index is 496. The summed E-state index contributed by atoms with van der Waals surface area (Å²) in [6, 6.07) is 0. The molecule has 5 rings (SSSR count). The predicted octanol–water partition coefficient (Wildman–Crippen LogP) is 2.78. The summed E-state index contributed by atoms with van der Waals surface area (Å²) in [5, 5.41) is 11.4. The van der Waals surface area contributed by atoms with Crippen LogP contribution in [0.15, 0.2) is 0 Å². The van der Waals surface area contributed by atoms with Gasteiger partial charge in [0.1, 0.15) is 9.84 Å². The molecule has 2 atom stereocenters. The van der Waals surface area contributed by atoms with Gasteiger partial charge in [0.05, 0.1) is 10.9 Å². The van der Waals surface area contributed by atoms with E-state index < -0.39 is 15.4 Å². The number of aliphatic hydroxyl groups is 1. The predicted molar refractivity (Wildman–Crippen MR) is 82.6 cm³/mol. The van der Waals surface area contributed by atoms with E-state index in [-0.39, 0.29) is 11.2 Å². The Morgan fingerprint density at radius 2 is 1.43 bits per heavy atom. The first-order valence-electron chi connectivity index (χ1n) is 8.78. The first-order chi connectivity index (χ1) is 9.87. The summed E-state index contributed by atoms with van der Waals surface area (Å²) in [7, 11) is -2.96. The lowest BCUT2D eigenvalue weighted by Crippen LogP contribution is -2.62. The summed E-state index contributed by atoms with van der Waals surface area (Å²) in [5.41, 5.74) is -0.545. The highest BCUT2D eigenvalue weighted by Crippen LogP contribution is 2.62. The fourth-order valence-corrected chi connectivity index (χ4v) is 7.74. The highest BCUT2D eigenvalue weighted by molar-refractivity contribution is 7.91. The number of hydrogen-bond donors (Lipinski definition) is 1. The average Bonchev–Trinajstić information content (AvgIpc) is 2.43. The van der Waals surface area contributed by atoms with Crippen molar-refractivity contribution in [1.29, 1.82) is 0 Å². The minimum absolute atomic E-state index is 0.211. The molecule has 0 heterocycles. The van der Waals surface area contributed by atoms with Crippen molar-refractivity contribution in [3.8, 4) is 0 Å². The largest absolute Gasteiger partial charge is 0.389 e. The lowest BCUT2D eigenvalue weighted by Gasteiger charge is -2.62. The van der Waals surface area contributed by atoms with Crippen molar-refractivity contribution in [1.82, 2.24) is 0 Å². The van der Waals surface area contributed by atoms with Gasteiger partial charge in [-0.2, -0.15) is 0 Å². The van der Waals surface area contributed by atoms with Gasteiger partial charge < -0.3 is 5.11 Å². The van der Waals surface area contributed by atoms with Gasteiger partial charge in [0.2, 0.25) is 0 Å². The van der Waals surface area contributed by atoms with E-state index in [4.69, 9.17) is 0 Å². The molecule has 0 aliphatic heterocycles. The third kappa shape index (κ3) is 2.20. The van der Waals surface area contributed by atoms with Gasteiger partial charge in [-0.25, -0.2) is 8.42 Å². The molecule has 0 aromatic carbocycles. The van der Waals surface area contributed by atoms with Gasteiger partial charge in [-0.05, 0) is 81.0 Å². The van der Waals surface area contributed by atoms with Gasteiger partial charge in [-0.3, -0.25) is 0 Å². The molecule has 0 spiro atoms. The van der Waals surface area contributed by atoms with Crippen molar-refractivity contribution in [3.05, 3.63) is 0 Å². The van der Waals surface area contributed by atoms with Gasteiger partial charge in [0.15, 0.2) is 0 Å². The number of rotatable bonds is 2. The molecule has 0 radical (unpaired) electrons. The summed E-state index contributed by atoms with van der Waals surface area (Å²) >= 11 is 0. The Balaban J connectivity index is 1.60. The van der Waals surface area contributed by atoms with E-state index in [0.717, 1.165) is 31.1 Å². The van der Waals surface area contributed by atoms with E-state index in [0.29, 0.717) is 18.3 Å². The van der Waals surface area contributed by atoms with Crippen molar-refractivity contribution in [2.24, 2.45) is 29.6 Å². The molecule has 0 aromatic rings. The molecule has 0 saturated heterocycles. The topological polar surface area (TPSA) is 54.4 Å². The summed E-state index contributed by atoms with van der Waals surface area (Å²) < 4.78 is 23.9. The minimum Gasteiger partial charge on any atom is -0.389 e. The Morgan fingerprint density at radius 1 is 0.857 bits per heavy atom. The van der Waals surface area contributed by atoms with Crippen LogP contribution < -0.4 is 0 Å². The molecule has 120 valence electrons. The molecule has 21 heavy (non-hydrogen) atoms. The molecule has 5 aliphatic carbocycles. The Labute approximate surface area is 128 Å². The van der Waals surface area contributed by atoms with Gasteiger partial charge in [0.25, 0.3) is 0 Å². The molecule has 1 N–H and O–H groups in total. The maximum Gasteiger partial charge on any atom is 0.150 e. The van der Waals surface area contributed by atoms with Gasteiger partial charge >= 0.3 is 0 Å². The Morgan fingerprint density at radius 3 is 1.95 bits per heavy atom. The first-order valence-corrected chi connectivity index (χ1v) is 10.7. The van der Waals surface area contributed by atoms with Crippen LogP contribution in [0.2, 0.25) is 0 Å². The molecule has 3 nitrogen and oxygen atoms in total. The van der Waals surface area contributed by atoms with Crippen molar-refractivity contribution in [3.63, 3.8) is 0 Å². The van der Waals surface area contributed by atoms with Crippen LogP contribution in [0.4, 0.5) is 0 Å². The summed E-state index contributed by atoms with van der Waals surface area (Å²) in [6.45, 7) is 0. The maximum atomic E-state index is 11.9. The van der Waals surface area contributed by atoms with Crippen LogP contribution in [0.3, 0.4) is 0 Å². The monoisotopic (exact) mass is 312 g/mol. The van der Waals surface area contributed by atoms with E-state index >= 15 is 0 Å². The van der Waals surface area contributed by atoms with E-state index in [1.54, 1.807) is 0 Å². The molecular formula is C17H28O3S. The average molecular weight is 312 g/mol. The van der Waals surface area contributed by atoms with Crippen LogP contribution in [0, 0.1) is 29.6 Å². The molecular weight excluding hydrogens is 284 g/mol. The third-order valence-corrected chi connectivity index (χ3v) is 8.97. The van der Waals surface area contributed by atoms with Gasteiger partial charge in [-0.15, -0.1) is 0 Å². The molecule has 0 aromatic heterocycles. The maximum absolute atomic E-state index is 11.9. The van der Waals surface area contributed by atoms with Gasteiger partial charge in [0, 0.05) is 6.26 Å². The van der Waals surface area contributed by atoms with Crippen LogP contribution in [0.5, 0.6) is 0 Å². The normalized spacial score (nSPS) is 53.0. The van der Waals surface area contributed by atoms with Gasteiger partial charge in [-0.1, -0.05) is 6.42 Å².